The molecule has 0 heterocycles. The predicted octanol–water partition coefficient (Wildman–Crippen LogP) is 5.16. The maximum absolute atomic E-state index is 11.8. The second-order valence-corrected chi connectivity index (χ2v) is 5.50. The SMILES string of the molecule is CCCCCCCCCCC(=O)Nc1ccc(OC)cc1. The molecular formula is C18H29NO2. The zero-order chi connectivity index (χ0) is 15.3. The smallest absolute Gasteiger partial charge is 0.224 e. The molecule has 0 spiro atoms. The summed E-state index contributed by atoms with van der Waals surface area (Å²) in [6, 6.07) is 7.44. The molecule has 1 aromatic carbocycles. The molecule has 3 nitrogen and oxygen atoms in total. The van der Waals surface area contributed by atoms with Gasteiger partial charge in [-0.1, -0.05) is 51.9 Å². The van der Waals surface area contributed by atoms with E-state index in [-0.39, 0.29) is 5.91 Å². The van der Waals surface area contributed by atoms with E-state index in [0.717, 1.165) is 24.3 Å². The van der Waals surface area contributed by atoms with Gasteiger partial charge in [0.1, 0.15) is 5.75 Å². The summed E-state index contributed by atoms with van der Waals surface area (Å²) in [4.78, 5) is 11.8. The third-order valence-corrected chi connectivity index (χ3v) is 3.63. The summed E-state index contributed by atoms with van der Waals surface area (Å²) in [5, 5.41) is 2.92. The summed E-state index contributed by atoms with van der Waals surface area (Å²) in [6.07, 6.45) is 10.6. The second-order valence-electron chi connectivity index (χ2n) is 5.50. The minimum atomic E-state index is 0.103. The predicted molar refractivity (Wildman–Crippen MR) is 88.9 cm³/mol. The number of rotatable bonds is 11. The van der Waals surface area contributed by atoms with E-state index in [0.29, 0.717) is 6.42 Å². The lowest BCUT2D eigenvalue weighted by Crippen LogP contribution is -2.10. The van der Waals surface area contributed by atoms with Crippen molar-refractivity contribution in [2.75, 3.05) is 12.4 Å². The first kappa shape index (κ1) is 17.5. The fourth-order valence-corrected chi connectivity index (χ4v) is 2.32. The Morgan fingerprint density at radius 2 is 1.52 bits per heavy atom. The Kier molecular flexibility index (Phi) is 9.34. The first-order valence-corrected chi connectivity index (χ1v) is 8.20. The summed E-state index contributed by atoms with van der Waals surface area (Å²) in [6.45, 7) is 2.24. The van der Waals surface area contributed by atoms with Crippen molar-refractivity contribution in [1.82, 2.24) is 0 Å². The van der Waals surface area contributed by atoms with E-state index in [4.69, 9.17) is 4.74 Å². The molecule has 1 rings (SSSR count). The highest BCUT2D eigenvalue weighted by atomic mass is 16.5. The number of hydrogen-bond donors (Lipinski definition) is 1. The number of nitrogens with one attached hydrogen (secondary N) is 1. The molecular weight excluding hydrogens is 262 g/mol. The topological polar surface area (TPSA) is 38.3 Å². The maximum Gasteiger partial charge on any atom is 0.224 e. The quantitative estimate of drug-likeness (QED) is 0.571. The molecule has 0 aliphatic rings. The number of ether oxygens (including phenoxy) is 1. The lowest BCUT2D eigenvalue weighted by Gasteiger charge is -2.06. The van der Waals surface area contributed by atoms with Crippen LogP contribution in [0.3, 0.4) is 0 Å². The zero-order valence-electron chi connectivity index (χ0n) is 13.5. The van der Waals surface area contributed by atoms with Gasteiger partial charge in [0.05, 0.1) is 7.11 Å². The summed E-state index contributed by atoms with van der Waals surface area (Å²) < 4.78 is 5.09. The molecule has 1 amide bonds. The highest BCUT2D eigenvalue weighted by Crippen LogP contribution is 2.15. The standard InChI is InChI=1S/C18H29NO2/c1-3-4-5-6-7-8-9-10-11-18(20)19-16-12-14-17(21-2)15-13-16/h12-15H,3-11H2,1-2H3,(H,19,20). The van der Waals surface area contributed by atoms with Crippen molar-refractivity contribution in [3.63, 3.8) is 0 Å². The van der Waals surface area contributed by atoms with Crippen LogP contribution in [0, 0.1) is 0 Å². The minimum absolute atomic E-state index is 0.103. The van der Waals surface area contributed by atoms with Crippen LogP contribution in [0.25, 0.3) is 0 Å². The molecule has 0 saturated carbocycles. The molecule has 0 bridgehead atoms. The largest absolute Gasteiger partial charge is 0.497 e. The molecule has 3 heteroatoms. The van der Waals surface area contributed by atoms with Gasteiger partial charge in [0.15, 0.2) is 0 Å². The maximum atomic E-state index is 11.8. The Hall–Kier alpha value is -1.51. The molecule has 0 aromatic heterocycles. The Morgan fingerprint density at radius 1 is 0.952 bits per heavy atom. The molecule has 0 radical (unpaired) electrons. The Labute approximate surface area is 129 Å². The van der Waals surface area contributed by atoms with Crippen LogP contribution in [-0.4, -0.2) is 13.0 Å². The average molecular weight is 291 g/mol. The molecule has 0 aliphatic heterocycles. The van der Waals surface area contributed by atoms with Gasteiger partial charge in [0, 0.05) is 12.1 Å². The van der Waals surface area contributed by atoms with E-state index in [1.54, 1.807) is 7.11 Å². The molecule has 0 unspecified atom stereocenters. The number of carbonyl (C=O) groups is 1. The van der Waals surface area contributed by atoms with Gasteiger partial charge < -0.3 is 10.1 Å². The summed E-state index contributed by atoms with van der Waals surface area (Å²) >= 11 is 0. The van der Waals surface area contributed by atoms with Gasteiger partial charge in [-0.05, 0) is 30.7 Å². The molecule has 0 aliphatic carbocycles. The van der Waals surface area contributed by atoms with Crippen molar-refractivity contribution in [2.45, 2.75) is 64.7 Å². The Morgan fingerprint density at radius 3 is 2.10 bits per heavy atom. The van der Waals surface area contributed by atoms with Crippen molar-refractivity contribution < 1.29 is 9.53 Å². The van der Waals surface area contributed by atoms with E-state index >= 15 is 0 Å². The highest BCUT2D eigenvalue weighted by Gasteiger charge is 2.02. The number of hydrogen-bond acceptors (Lipinski definition) is 2. The number of benzene rings is 1. The fraction of sp³-hybridized carbons (Fsp3) is 0.611. The summed E-state index contributed by atoms with van der Waals surface area (Å²) in [5.74, 6) is 0.905. The van der Waals surface area contributed by atoms with Crippen molar-refractivity contribution in [3.05, 3.63) is 24.3 Å². The van der Waals surface area contributed by atoms with Gasteiger partial charge in [0.25, 0.3) is 0 Å². The van der Waals surface area contributed by atoms with Crippen molar-refractivity contribution >= 4 is 11.6 Å². The van der Waals surface area contributed by atoms with Crippen LogP contribution < -0.4 is 10.1 Å². The van der Waals surface area contributed by atoms with Crippen LogP contribution in [0.1, 0.15) is 64.7 Å². The Balaban J connectivity index is 2.05. The molecule has 0 atom stereocenters. The molecule has 0 fully saturated rings. The molecule has 1 aromatic rings. The van der Waals surface area contributed by atoms with E-state index in [9.17, 15) is 4.79 Å². The van der Waals surface area contributed by atoms with Crippen molar-refractivity contribution in [1.29, 1.82) is 0 Å². The third kappa shape index (κ3) is 8.38. The second kappa shape index (κ2) is 11.2. The lowest BCUT2D eigenvalue weighted by molar-refractivity contribution is -0.116. The summed E-state index contributed by atoms with van der Waals surface area (Å²) in [5.41, 5.74) is 0.834. The number of amides is 1. The zero-order valence-corrected chi connectivity index (χ0v) is 13.5. The number of anilines is 1. The van der Waals surface area contributed by atoms with Gasteiger partial charge in [0.2, 0.25) is 5.91 Å². The normalized spacial score (nSPS) is 10.4. The van der Waals surface area contributed by atoms with Gasteiger partial charge in [-0.2, -0.15) is 0 Å². The summed E-state index contributed by atoms with van der Waals surface area (Å²) in [7, 11) is 1.63. The molecule has 118 valence electrons. The lowest BCUT2D eigenvalue weighted by atomic mass is 10.1. The van der Waals surface area contributed by atoms with Crippen LogP contribution >= 0.6 is 0 Å². The van der Waals surface area contributed by atoms with Crippen molar-refractivity contribution in [3.8, 4) is 5.75 Å². The monoisotopic (exact) mass is 291 g/mol. The van der Waals surface area contributed by atoms with E-state index < -0.39 is 0 Å². The molecule has 0 saturated heterocycles. The highest BCUT2D eigenvalue weighted by molar-refractivity contribution is 5.90. The first-order chi connectivity index (χ1) is 10.3. The van der Waals surface area contributed by atoms with Gasteiger partial charge in [-0.25, -0.2) is 0 Å². The van der Waals surface area contributed by atoms with Crippen LogP contribution in [0.4, 0.5) is 5.69 Å². The molecule has 21 heavy (non-hydrogen) atoms. The van der Waals surface area contributed by atoms with E-state index in [1.807, 2.05) is 24.3 Å². The van der Waals surface area contributed by atoms with Crippen LogP contribution in [-0.2, 0) is 4.79 Å². The van der Waals surface area contributed by atoms with E-state index in [1.165, 1.54) is 38.5 Å². The fourth-order valence-electron chi connectivity index (χ4n) is 2.32. The molecule has 1 N–H and O–H groups in total. The van der Waals surface area contributed by atoms with Crippen LogP contribution in [0.5, 0.6) is 5.75 Å². The van der Waals surface area contributed by atoms with Gasteiger partial charge in [-0.3, -0.25) is 4.79 Å². The number of methoxy groups -OCH3 is 1. The Bertz CT molecular complexity index is 387. The number of carbonyl (C=O) groups excluding carboxylic acids is 1. The van der Waals surface area contributed by atoms with E-state index in [2.05, 4.69) is 12.2 Å². The van der Waals surface area contributed by atoms with Crippen molar-refractivity contribution in [2.24, 2.45) is 0 Å². The van der Waals surface area contributed by atoms with Gasteiger partial charge >= 0.3 is 0 Å². The minimum Gasteiger partial charge on any atom is -0.497 e. The van der Waals surface area contributed by atoms with Gasteiger partial charge in [-0.15, -0.1) is 0 Å². The van der Waals surface area contributed by atoms with Crippen LogP contribution in [0.2, 0.25) is 0 Å². The number of unbranched alkanes of at least 4 members (excludes halogenated alkanes) is 7. The third-order valence-electron chi connectivity index (χ3n) is 3.63. The van der Waals surface area contributed by atoms with Crippen LogP contribution in [0.15, 0.2) is 24.3 Å². The average Bonchev–Trinajstić information content (AvgIpc) is 2.50. The first-order valence-electron chi connectivity index (χ1n) is 8.20.